The molecule has 0 amide bonds. The molecule has 0 N–H and O–H groups in total. The average molecular weight is 359 g/mol. The number of hydrogen-bond acceptors (Lipinski definition) is 4. The van der Waals surface area contributed by atoms with E-state index in [2.05, 4.69) is 66.0 Å². The van der Waals surface area contributed by atoms with Crippen molar-refractivity contribution in [3.63, 3.8) is 0 Å². The first kappa shape index (κ1) is 14.2. The molecule has 3 saturated heterocycles. The number of anilines is 1. The molecule has 5 rings (SSSR count). The summed E-state index contributed by atoms with van der Waals surface area (Å²) in [5.74, 6) is 1.07. The molecule has 2 bridgehead atoms. The quantitative estimate of drug-likeness (QED) is 0.844. The molecule has 3 aliphatic rings. The number of halogens is 1. The third-order valence-electron chi connectivity index (χ3n) is 4.74. The molecule has 3 fully saturated rings. The zero-order valence-electron chi connectivity index (χ0n) is 12.6. The first-order chi connectivity index (χ1) is 10.7. The smallest absolute Gasteiger partial charge is 0.132 e. The van der Waals surface area contributed by atoms with Gasteiger partial charge < -0.3 is 4.90 Å². The molecule has 3 aliphatic heterocycles. The van der Waals surface area contributed by atoms with Crippen LogP contribution in [0.15, 0.2) is 41.1 Å². The summed E-state index contributed by atoms with van der Waals surface area (Å²) in [7, 11) is 0. The first-order valence-electron chi connectivity index (χ1n) is 7.73. The van der Waals surface area contributed by atoms with E-state index in [0.29, 0.717) is 12.1 Å². The summed E-state index contributed by atoms with van der Waals surface area (Å²) in [6.45, 7) is 5.22. The molecule has 5 heteroatoms. The van der Waals surface area contributed by atoms with Gasteiger partial charge in [0.15, 0.2) is 0 Å². The Morgan fingerprint density at radius 2 is 1.86 bits per heavy atom. The van der Waals surface area contributed by atoms with E-state index in [1.54, 1.807) is 6.33 Å². The van der Waals surface area contributed by atoms with Crippen molar-refractivity contribution in [2.75, 3.05) is 18.0 Å². The Labute approximate surface area is 139 Å². The van der Waals surface area contributed by atoms with Crippen LogP contribution in [0.1, 0.15) is 17.7 Å². The van der Waals surface area contributed by atoms with Gasteiger partial charge in [0.2, 0.25) is 0 Å². The van der Waals surface area contributed by atoms with Crippen molar-refractivity contribution < 1.29 is 0 Å². The third-order valence-corrected chi connectivity index (χ3v) is 5.26. The fraction of sp³-hybridized carbons (Fsp3) is 0.412. The van der Waals surface area contributed by atoms with Crippen LogP contribution < -0.4 is 4.90 Å². The predicted molar refractivity (Wildman–Crippen MR) is 90.9 cm³/mol. The van der Waals surface area contributed by atoms with Gasteiger partial charge in [-0.2, -0.15) is 0 Å². The number of benzene rings is 1. The summed E-state index contributed by atoms with van der Waals surface area (Å²) in [4.78, 5) is 13.7. The van der Waals surface area contributed by atoms with Gasteiger partial charge in [-0.3, -0.25) is 4.90 Å². The largest absolute Gasteiger partial charge is 0.353 e. The molecule has 1 aromatic carbocycles. The van der Waals surface area contributed by atoms with E-state index >= 15 is 0 Å². The Kier molecular flexibility index (Phi) is 3.62. The van der Waals surface area contributed by atoms with Gasteiger partial charge in [0.1, 0.15) is 12.1 Å². The Morgan fingerprint density at radius 1 is 1.14 bits per heavy atom. The van der Waals surface area contributed by atoms with Crippen LogP contribution in [-0.4, -0.2) is 40.0 Å². The van der Waals surface area contributed by atoms with Crippen molar-refractivity contribution >= 4 is 21.7 Å². The van der Waals surface area contributed by atoms with Crippen LogP contribution >= 0.6 is 15.9 Å². The van der Waals surface area contributed by atoms with Gasteiger partial charge >= 0.3 is 0 Å². The molecule has 2 aromatic rings. The van der Waals surface area contributed by atoms with E-state index in [1.807, 2.05) is 6.92 Å². The number of nitrogens with zero attached hydrogens (tertiary/aromatic N) is 4. The maximum absolute atomic E-state index is 4.43. The molecule has 2 unspecified atom stereocenters. The molecule has 0 radical (unpaired) electrons. The molecule has 4 nitrogen and oxygen atoms in total. The van der Waals surface area contributed by atoms with Crippen LogP contribution in [0.25, 0.3) is 0 Å². The molecule has 4 heterocycles. The van der Waals surface area contributed by atoms with Crippen LogP contribution in [0.3, 0.4) is 0 Å². The number of fused-ring (bicyclic) bond motifs is 2. The second-order valence-corrected chi connectivity index (χ2v) is 7.18. The highest BCUT2D eigenvalue weighted by Gasteiger charge is 2.44. The van der Waals surface area contributed by atoms with Crippen molar-refractivity contribution in [3.05, 3.63) is 52.4 Å². The van der Waals surface area contributed by atoms with Gasteiger partial charge in [0.25, 0.3) is 0 Å². The normalized spacial score (nSPS) is 24.2. The van der Waals surface area contributed by atoms with Crippen molar-refractivity contribution in [2.45, 2.75) is 32.0 Å². The van der Waals surface area contributed by atoms with Crippen LogP contribution in [0, 0.1) is 6.92 Å². The van der Waals surface area contributed by atoms with Gasteiger partial charge in [-0.05, 0) is 31.0 Å². The monoisotopic (exact) mass is 358 g/mol. The summed E-state index contributed by atoms with van der Waals surface area (Å²) < 4.78 is 1.14. The number of hydrogen-bond donors (Lipinski definition) is 0. The van der Waals surface area contributed by atoms with Crippen LogP contribution in [0.4, 0.5) is 5.82 Å². The Bertz CT molecular complexity index is 661. The van der Waals surface area contributed by atoms with E-state index in [-0.39, 0.29) is 0 Å². The molecule has 0 aliphatic carbocycles. The van der Waals surface area contributed by atoms with Crippen molar-refractivity contribution in [1.29, 1.82) is 0 Å². The molecular formula is C17H19BrN4. The topological polar surface area (TPSA) is 32.3 Å². The maximum atomic E-state index is 4.43. The number of rotatable bonds is 3. The zero-order chi connectivity index (χ0) is 15.1. The highest BCUT2D eigenvalue weighted by Crippen LogP contribution is 2.35. The summed E-state index contributed by atoms with van der Waals surface area (Å²) in [5, 5.41) is 0. The van der Waals surface area contributed by atoms with E-state index in [1.165, 1.54) is 12.0 Å². The second-order valence-electron chi connectivity index (χ2n) is 6.26. The number of piperidine rings is 1. The minimum absolute atomic E-state index is 0.651. The van der Waals surface area contributed by atoms with Crippen molar-refractivity contribution in [3.8, 4) is 0 Å². The molecule has 2 atom stereocenters. The number of piperazine rings is 1. The fourth-order valence-electron chi connectivity index (χ4n) is 3.55. The number of aryl methyl sites for hydroxylation is 1. The van der Waals surface area contributed by atoms with E-state index in [4.69, 9.17) is 0 Å². The summed E-state index contributed by atoms with van der Waals surface area (Å²) in [6.07, 6.45) is 2.99. The van der Waals surface area contributed by atoms with E-state index < -0.39 is 0 Å². The van der Waals surface area contributed by atoms with Gasteiger partial charge in [0.05, 0.1) is 0 Å². The zero-order valence-corrected chi connectivity index (χ0v) is 14.2. The lowest BCUT2D eigenvalue weighted by atomic mass is 9.87. The van der Waals surface area contributed by atoms with E-state index in [9.17, 15) is 0 Å². The Hall–Kier alpha value is -1.46. The molecule has 0 saturated carbocycles. The first-order valence-corrected chi connectivity index (χ1v) is 8.52. The Balaban J connectivity index is 1.43. The predicted octanol–water partition coefficient (Wildman–Crippen LogP) is 3.01. The van der Waals surface area contributed by atoms with Gasteiger partial charge in [-0.25, -0.2) is 9.97 Å². The lowest BCUT2D eigenvalue weighted by molar-refractivity contribution is -0.00869. The molecular weight excluding hydrogens is 340 g/mol. The van der Waals surface area contributed by atoms with Crippen molar-refractivity contribution in [1.82, 2.24) is 14.9 Å². The molecule has 114 valence electrons. The average Bonchev–Trinajstić information content (AvgIpc) is 2.54. The van der Waals surface area contributed by atoms with Crippen LogP contribution in [0.5, 0.6) is 0 Å². The van der Waals surface area contributed by atoms with E-state index in [0.717, 1.165) is 35.6 Å². The fourth-order valence-corrected chi connectivity index (χ4v) is 3.81. The SMILES string of the molecule is Cc1cc(N2CC3CC(C2)N3Cc2ccc(Br)cc2)ncn1. The minimum atomic E-state index is 0.651. The summed E-state index contributed by atoms with van der Waals surface area (Å²) >= 11 is 3.50. The maximum Gasteiger partial charge on any atom is 0.132 e. The van der Waals surface area contributed by atoms with Crippen LogP contribution in [0.2, 0.25) is 0 Å². The van der Waals surface area contributed by atoms with Gasteiger partial charge in [-0.1, -0.05) is 28.1 Å². The van der Waals surface area contributed by atoms with Crippen LogP contribution in [-0.2, 0) is 6.54 Å². The van der Waals surface area contributed by atoms with Crippen molar-refractivity contribution in [2.24, 2.45) is 0 Å². The Morgan fingerprint density at radius 3 is 2.55 bits per heavy atom. The van der Waals surface area contributed by atoms with Gasteiger partial charge in [-0.15, -0.1) is 0 Å². The lowest BCUT2D eigenvalue weighted by Crippen LogP contribution is -2.68. The standard InChI is InChI=1S/C17H19BrN4/c1-12-6-17(20-11-19-12)21-9-15-7-16(10-21)22(15)8-13-2-4-14(18)5-3-13/h2-6,11,15-16H,7-10H2,1H3. The highest BCUT2D eigenvalue weighted by molar-refractivity contribution is 9.10. The minimum Gasteiger partial charge on any atom is -0.353 e. The lowest BCUT2D eigenvalue weighted by Gasteiger charge is -2.56. The van der Waals surface area contributed by atoms with Gasteiger partial charge in [0, 0.05) is 48.0 Å². The molecule has 0 spiro atoms. The number of aromatic nitrogens is 2. The summed E-state index contributed by atoms with van der Waals surface area (Å²) in [6, 6.07) is 12.1. The third kappa shape index (κ3) is 2.63. The molecule has 1 aromatic heterocycles. The second kappa shape index (κ2) is 5.63. The summed E-state index contributed by atoms with van der Waals surface area (Å²) in [5.41, 5.74) is 2.43. The molecule has 22 heavy (non-hydrogen) atoms. The highest BCUT2D eigenvalue weighted by atomic mass is 79.9.